The number of methoxy groups -OCH3 is 1. The van der Waals surface area contributed by atoms with Crippen molar-refractivity contribution in [1.29, 1.82) is 0 Å². The first-order valence-corrected chi connectivity index (χ1v) is 13.5. The van der Waals surface area contributed by atoms with Gasteiger partial charge >= 0.3 is 0 Å². The molecule has 0 spiro atoms. The number of hydrogen-bond donors (Lipinski definition) is 1. The van der Waals surface area contributed by atoms with Gasteiger partial charge in [0.1, 0.15) is 11.3 Å². The Labute approximate surface area is 224 Å². The van der Waals surface area contributed by atoms with Gasteiger partial charge < -0.3 is 24.4 Å². The summed E-state index contributed by atoms with van der Waals surface area (Å²) >= 11 is 0. The highest BCUT2D eigenvalue weighted by Crippen LogP contribution is 2.37. The maximum Gasteiger partial charge on any atom is 0.229 e. The number of benzene rings is 2. The lowest BCUT2D eigenvalue weighted by Gasteiger charge is -2.52. The highest BCUT2D eigenvalue weighted by atomic mass is 16.5. The van der Waals surface area contributed by atoms with Gasteiger partial charge in [-0.2, -0.15) is 9.97 Å². The van der Waals surface area contributed by atoms with E-state index in [2.05, 4.69) is 78.1 Å². The Morgan fingerprint density at radius 3 is 2.32 bits per heavy atom. The van der Waals surface area contributed by atoms with Gasteiger partial charge in [0.25, 0.3) is 0 Å². The quantitative estimate of drug-likeness (QED) is 0.375. The molecule has 2 atom stereocenters. The van der Waals surface area contributed by atoms with Gasteiger partial charge in [-0.25, -0.2) is 4.98 Å². The molecule has 1 N–H and O–H groups in total. The number of ether oxygens (including phenoxy) is 1. The Bertz CT molecular complexity index is 1470. The molecule has 198 valence electrons. The second kappa shape index (κ2) is 9.19. The number of fused-ring (bicyclic) bond motifs is 4. The minimum Gasteiger partial charge on any atom is -0.497 e. The molecule has 7 rings (SSSR count). The minimum atomic E-state index is 0.0611. The van der Waals surface area contributed by atoms with Crippen LogP contribution in [-0.2, 0) is 12.5 Å². The van der Waals surface area contributed by atoms with E-state index in [1.807, 2.05) is 30.1 Å². The van der Waals surface area contributed by atoms with E-state index in [0.717, 1.165) is 53.9 Å². The van der Waals surface area contributed by atoms with E-state index in [4.69, 9.17) is 14.7 Å². The Kier molecular flexibility index (Phi) is 5.93. The zero-order chi connectivity index (χ0) is 26.6. The molecule has 0 saturated carbocycles. The predicted octanol–water partition coefficient (Wildman–Crippen LogP) is 5.58. The van der Waals surface area contributed by atoms with Crippen LogP contribution in [0.15, 0.2) is 48.8 Å². The van der Waals surface area contributed by atoms with Crippen LogP contribution in [0.4, 0.5) is 23.1 Å². The van der Waals surface area contributed by atoms with Crippen molar-refractivity contribution >= 4 is 34.3 Å². The van der Waals surface area contributed by atoms with Crippen LogP contribution in [0.25, 0.3) is 11.2 Å². The summed E-state index contributed by atoms with van der Waals surface area (Å²) < 4.78 is 7.36. The van der Waals surface area contributed by atoms with Crippen LogP contribution in [0.3, 0.4) is 0 Å². The van der Waals surface area contributed by atoms with Crippen LogP contribution in [0.1, 0.15) is 44.7 Å². The molecule has 5 heterocycles. The summed E-state index contributed by atoms with van der Waals surface area (Å²) in [6.07, 6.45) is 4.12. The maximum atomic E-state index is 5.36. The summed E-state index contributed by atoms with van der Waals surface area (Å²) in [6.45, 7) is 10.7. The molecule has 0 amide bonds. The molecule has 2 bridgehead atoms. The third kappa shape index (κ3) is 4.31. The van der Waals surface area contributed by atoms with Gasteiger partial charge in [0.05, 0.1) is 13.4 Å². The fourth-order valence-electron chi connectivity index (χ4n) is 5.77. The molecule has 0 aliphatic carbocycles. The first kappa shape index (κ1) is 24.5. The maximum absolute atomic E-state index is 5.36. The second-order valence-corrected chi connectivity index (χ2v) is 11.7. The number of nitrogens with zero attached hydrogens (tertiary/aromatic N) is 6. The molecule has 3 aliphatic heterocycles. The molecule has 0 radical (unpaired) electrons. The van der Waals surface area contributed by atoms with Crippen molar-refractivity contribution in [2.24, 2.45) is 7.05 Å². The van der Waals surface area contributed by atoms with Crippen LogP contribution >= 0.6 is 0 Å². The fourth-order valence-corrected chi connectivity index (χ4v) is 5.77. The lowest BCUT2D eigenvalue weighted by atomic mass is 9.86. The summed E-state index contributed by atoms with van der Waals surface area (Å²) in [5.74, 6) is 2.44. The molecule has 3 aliphatic rings. The molecule has 2 aromatic heterocycles. The number of imidazole rings is 1. The van der Waals surface area contributed by atoms with Crippen LogP contribution < -0.4 is 19.9 Å². The van der Waals surface area contributed by atoms with Gasteiger partial charge in [-0.05, 0) is 66.6 Å². The number of aromatic nitrogens is 4. The van der Waals surface area contributed by atoms with Gasteiger partial charge in [-0.3, -0.25) is 0 Å². The third-order valence-corrected chi connectivity index (χ3v) is 8.11. The van der Waals surface area contributed by atoms with E-state index in [-0.39, 0.29) is 5.41 Å². The summed E-state index contributed by atoms with van der Waals surface area (Å²) in [7, 11) is 3.71. The van der Waals surface area contributed by atoms with Crippen LogP contribution in [0.2, 0.25) is 0 Å². The molecule has 8 heteroatoms. The minimum absolute atomic E-state index is 0.0611. The van der Waals surface area contributed by atoms with Crippen molar-refractivity contribution in [3.63, 3.8) is 0 Å². The molecule has 8 nitrogen and oxygen atoms in total. The van der Waals surface area contributed by atoms with Gasteiger partial charge in [0.2, 0.25) is 5.95 Å². The average Bonchev–Trinajstić information content (AvgIpc) is 3.30. The van der Waals surface area contributed by atoms with Crippen molar-refractivity contribution in [1.82, 2.24) is 19.5 Å². The van der Waals surface area contributed by atoms with E-state index in [1.165, 1.54) is 23.2 Å². The number of rotatable bonds is 5. The summed E-state index contributed by atoms with van der Waals surface area (Å²) in [4.78, 5) is 19.6. The molecule has 0 unspecified atom stereocenters. The number of nitrogens with one attached hydrogen (secondary N) is 1. The Morgan fingerprint density at radius 2 is 1.66 bits per heavy atom. The highest BCUT2D eigenvalue weighted by molar-refractivity contribution is 5.87. The molecule has 3 saturated heterocycles. The SMILES string of the molecule is COc1ccc(N2C[C@H]3CC[C@H]2CN3c2nc(Nc3cc(C(C)(C)C)ccc3C)c3c(ncn3C)n2)cc1. The number of hydrogen-bond acceptors (Lipinski definition) is 7. The van der Waals surface area contributed by atoms with Crippen molar-refractivity contribution in [3.05, 3.63) is 59.9 Å². The molecule has 2 aromatic carbocycles. The van der Waals surface area contributed by atoms with Crippen molar-refractivity contribution < 1.29 is 4.74 Å². The average molecular weight is 512 g/mol. The van der Waals surface area contributed by atoms with Gasteiger partial charge in [0, 0.05) is 43.6 Å². The predicted molar refractivity (Wildman–Crippen MR) is 154 cm³/mol. The molecule has 3 fully saturated rings. The van der Waals surface area contributed by atoms with Crippen LogP contribution in [0, 0.1) is 6.92 Å². The van der Waals surface area contributed by atoms with E-state index < -0.39 is 0 Å². The Balaban J connectivity index is 1.33. The molecule has 38 heavy (non-hydrogen) atoms. The third-order valence-electron chi connectivity index (χ3n) is 8.11. The summed E-state index contributed by atoms with van der Waals surface area (Å²) in [5.41, 5.74) is 6.47. The number of aryl methyl sites for hydroxylation is 2. The van der Waals surface area contributed by atoms with Gasteiger partial charge in [-0.15, -0.1) is 0 Å². The molecular formula is C30H37N7O. The lowest BCUT2D eigenvalue weighted by Crippen LogP contribution is -2.63. The Hall–Kier alpha value is -3.81. The van der Waals surface area contributed by atoms with Crippen molar-refractivity contribution in [2.45, 2.75) is 58.0 Å². The zero-order valence-electron chi connectivity index (χ0n) is 23.2. The smallest absolute Gasteiger partial charge is 0.229 e. The lowest BCUT2D eigenvalue weighted by molar-refractivity contribution is 0.330. The monoisotopic (exact) mass is 511 g/mol. The first-order valence-electron chi connectivity index (χ1n) is 13.5. The fraction of sp³-hybridized carbons (Fsp3) is 0.433. The largest absolute Gasteiger partial charge is 0.497 e. The molecule has 4 aromatic rings. The highest BCUT2D eigenvalue weighted by Gasteiger charge is 2.40. The first-order chi connectivity index (χ1) is 18.2. The van der Waals surface area contributed by atoms with Crippen molar-refractivity contribution in [3.8, 4) is 5.75 Å². The van der Waals surface area contributed by atoms with E-state index in [9.17, 15) is 0 Å². The summed E-state index contributed by atoms with van der Waals surface area (Å²) in [6, 6.07) is 15.8. The summed E-state index contributed by atoms with van der Waals surface area (Å²) in [5, 5.41) is 3.66. The van der Waals surface area contributed by atoms with Crippen LogP contribution in [0.5, 0.6) is 5.75 Å². The zero-order valence-corrected chi connectivity index (χ0v) is 23.2. The normalized spacial score (nSPS) is 19.3. The molecular weight excluding hydrogens is 474 g/mol. The standard InChI is InChI=1S/C30H37N7O/c1-19-7-8-20(30(2,3)4)15-25(19)32-28-26-27(31-18-35(26)5)33-29(34-28)37-17-22-9-10-23(37)16-36(22)21-11-13-24(38-6)14-12-21/h7-8,11-15,18,22-23H,9-10,16-17H2,1-6H3,(H,32,33,34)/t22-,23+/m0/s1. The van der Waals surface area contributed by atoms with E-state index in [0.29, 0.717) is 12.1 Å². The number of piperidine rings is 2. The van der Waals surface area contributed by atoms with Crippen molar-refractivity contribution in [2.75, 3.05) is 35.3 Å². The van der Waals surface area contributed by atoms with E-state index >= 15 is 0 Å². The number of piperazine rings is 1. The Morgan fingerprint density at radius 1 is 0.947 bits per heavy atom. The van der Waals surface area contributed by atoms with Gasteiger partial charge in [-0.1, -0.05) is 32.9 Å². The topological polar surface area (TPSA) is 71.3 Å². The number of anilines is 4. The van der Waals surface area contributed by atoms with Gasteiger partial charge in [0.15, 0.2) is 11.5 Å². The van der Waals surface area contributed by atoms with Crippen LogP contribution in [-0.4, -0.2) is 51.8 Å². The second-order valence-electron chi connectivity index (χ2n) is 11.7. The van der Waals surface area contributed by atoms with E-state index in [1.54, 1.807) is 7.11 Å².